The van der Waals surface area contributed by atoms with Gasteiger partial charge >= 0.3 is 5.97 Å². The third-order valence-corrected chi connectivity index (χ3v) is 3.88. The van der Waals surface area contributed by atoms with Crippen molar-refractivity contribution in [3.05, 3.63) is 0 Å². The van der Waals surface area contributed by atoms with Gasteiger partial charge < -0.3 is 9.84 Å². The minimum Gasteiger partial charge on any atom is -0.481 e. The molecule has 0 aliphatic carbocycles. The van der Waals surface area contributed by atoms with Gasteiger partial charge in [0.2, 0.25) is 0 Å². The van der Waals surface area contributed by atoms with E-state index >= 15 is 0 Å². The highest BCUT2D eigenvalue weighted by Gasteiger charge is 2.11. The summed E-state index contributed by atoms with van der Waals surface area (Å²) in [6.45, 7) is 4.15. The lowest BCUT2D eigenvalue weighted by Gasteiger charge is -2.26. The first-order valence-electron chi connectivity index (χ1n) is 5.55. The van der Waals surface area contributed by atoms with Crippen molar-refractivity contribution in [3.8, 4) is 0 Å². The minimum atomic E-state index is -0.884. The van der Waals surface area contributed by atoms with E-state index < -0.39 is 16.8 Å². The summed E-state index contributed by atoms with van der Waals surface area (Å²) in [6, 6.07) is 0. The normalized spacial score (nSPS) is 19.5. The van der Waals surface area contributed by atoms with E-state index in [2.05, 4.69) is 4.90 Å². The van der Waals surface area contributed by atoms with Gasteiger partial charge in [-0.1, -0.05) is 0 Å². The molecule has 1 rings (SSSR count). The van der Waals surface area contributed by atoms with Crippen LogP contribution in [0.4, 0.5) is 0 Å². The van der Waals surface area contributed by atoms with Crippen molar-refractivity contribution in [2.45, 2.75) is 12.8 Å². The van der Waals surface area contributed by atoms with E-state index in [0.29, 0.717) is 17.9 Å². The standard InChI is InChI=1S/C10H19NO4S/c12-10(13)2-1-8-16(14)9-5-11-3-6-15-7-4-11/h1-9H2,(H,12,13). The van der Waals surface area contributed by atoms with Gasteiger partial charge in [-0.15, -0.1) is 0 Å². The smallest absolute Gasteiger partial charge is 0.303 e. The Morgan fingerprint density at radius 2 is 2.00 bits per heavy atom. The van der Waals surface area contributed by atoms with Gasteiger partial charge in [-0.2, -0.15) is 0 Å². The van der Waals surface area contributed by atoms with Gasteiger partial charge in [0, 0.05) is 48.4 Å². The highest BCUT2D eigenvalue weighted by atomic mass is 32.2. The molecular formula is C10H19NO4S. The van der Waals surface area contributed by atoms with E-state index in [4.69, 9.17) is 9.84 Å². The maximum atomic E-state index is 11.5. The summed E-state index contributed by atoms with van der Waals surface area (Å²) >= 11 is 0. The summed E-state index contributed by atoms with van der Waals surface area (Å²) in [5.41, 5.74) is 0. The highest BCUT2D eigenvalue weighted by Crippen LogP contribution is 1.98. The molecule has 16 heavy (non-hydrogen) atoms. The molecule has 5 nitrogen and oxygen atoms in total. The van der Waals surface area contributed by atoms with Crippen LogP contribution in [0.25, 0.3) is 0 Å². The molecule has 0 bridgehead atoms. The number of nitrogens with zero attached hydrogens (tertiary/aromatic N) is 1. The van der Waals surface area contributed by atoms with Crippen molar-refractivity contribution < 1.29 is 18.8 Å². The first-order valence-corrected chi connectivity index (χ1v) is 7.04. The van der Waals surface area contributed by atoms with Crippen LogP contribution in [0.15, 0.2) is 0 Å². The molecule has 0 aromatic heterocycles. The maximum Gasteiger partial charge on any atom is 0.303 e. The predicted octanol–water partition coefficient (Wildman–Crippen LogP) is -0.0679. The van der Waals surface area contributed by atoms with E-state index in [1.54, 1.807) is 0 Å². The summed E-state index contributed by atoms with van der Waals surface area (Å²) in [5.74, 6) is 0.321. The van der Waals surface area contributed by atoms with Gasteiger partial charge in [0.05, 0.1) is 13.2 Å². The molecule has 1 heterocycles. The third kappa shape index (κ3) is 6.19. The first-order chi connectivity index (χ1) is 7.68. The molecule has 1 saturated heterocycles. The average Bonchev–Trinajstić information content (AvgIpc) is 2.27. The molecule has 0 saturated carbocycles. The van der Waals surface area contributed by atoms with Gasteiger partial charge in [-0.25, -0.2) is 0 Å². The summed E-state index contributed by atoms with van der Waals surface area (Å²) in [5, 5.41) is 8.44. The molecule has 0 radical (unpaired) electrons. The van der Waals surface area contributed by atoms with Gasteiger partial charge in [-0.3, -0.25) is 13.9 Å². The number of aliphatic carboxylic acids is 1. The van der Waals surface area contributed by atoms with Gasteiger partial charge in [0.1, 0.15) is 0 Å². The molecule has 0 aromatic carbocycles. The number of ether oxygens (including phenoxy) is 1. The average molecular weight is 249 g/mol. The number of carboxylic acids is 1. The second-order valence-electron chi connectivity index (χ2n) is 3.80. The summed E-state index contributed by atoms with van der Waals surface area (Å²) in [4.78, 5) is 12.5. The molecule has 0 spiro atoms. The highest BCUT2D eigenvalue weighted by molar-refractivity contribution is 7.84. The molecule has 1 aliphatic heterocycles. The van der Waals surface area contributed by atoms with E-state index in [9.17, 15) is 9.00 Å². The fraction of sp³-hybridized carbons (Fsp3) is 0.900. The Labute approximate surface area is 98.2 Å². The topological polar surface area (TPSA) is 66.8 Å². The fourth-order valence-corrected chi connectivity index (χ4v) is 2.67. The number of hydrogen-bond acceptors (Lipinski definition) is 4. The van der Waals surface area contributed by atoms with Crippen LogP contribution in [0.2, 0.25) is 0 Å². The van der Waals surface area contributed by atoms with Crippen LogP contribution in [0, 0.1) is 0 Å². The quantitative estimate of drug-likeness (QED) is 0.684. The zero-order valence-corrected chi connectivity index (χ0v) is 10.2. The number of rotatable bonds is 7. The number of hydrogen-bond donors (Lipinski definition) is 1. The minimum absolute atomic E-state index is 0.114. The van der Waals surface area contributed by atoms with Crippen molar-refractivity contribution >= 4 is 16.8 Å². The first kappa shape index (κ1) is 13.6. The van der Waals surface area contributed by atoms with E-state index in [-0.39, 0.29) is 6.42 Å². The zero-order chi connectivity index (χ0) is 11.8. The van der Waals surface area contributed by atoms with Crippen LogP contribution in [0.1, 0.15) is 12.8 Å². The Morgan fingerprint density at radius 1 is 1.31 bits per heavy atom. The van der Waals surface area contributed by atoms with Crippen LogP contribution < -0.4 is 0 Å². The monoisotopic (exact) mass is 249 g/mol. The summed E-state index contributed by atoms with van der Waals surface area (Å²) in [6.07, 6.45) is 0.619. The maximum absolute atomic E-state index is 11.5. The second-order valence-corrected chi connectivity index (χ2v) is 5.50. The molecule has 1 fully saturated rings. The van der Waals surface area contributed by atoms with Crippen LogP contribution in [-0.4, -0.2) is 64.5 Å². The van der Waals surface area contributed by atoms with Crippen molar-refractivity contribution in [2.75, 3.05) is 44.4 Å². The van der Waals surface area contributed by atoms with Crippen molar-refractivity contribution in [2.24, 2.45) is 0 Å². The molecule has 1 atom stereocenters. The Kier molecular flexibility index (Phi) is 6.59. The zero-order valence-electron chi connectivity index (χ0n) is 9.39. The Bertz CT molecular complexity index is 241. The Hall–Kier alpha value is -0.460. The van der Waals surface area contributed by atoms with Crippen molar-refractivity contribution in [1.82, 2.24) is 4.90 Å². The Morgan fingerprint density at radius 3 is 2.62 bits per heavy atom. The van der Waals surface area contributed by atoms with Crippen LogP contribution in [0.3, 0.4) is 0 Å². The van der Waals surface area contributed by atoms with Crippen molar-refractivity contribution in [1.29, 1.82) is 0 Å². The van der Waals surface area contributed by atoms with Gasteiger partial charge in [0.25, 0.3) is 0 Å². The summed E-state index contributed by atoms with van der Waals surface area (Å²) in [7, 11) is -0.884. The lowest BCUT2D eigenvalue weighted by atomic mass is 10.3. The van der Waals surface area contributed by atoms with Crippen LogP contribution >= 0.6 is 0 Å². The van der Waals surface area contributed by atoms with E-state index in [0.717, 1.165) is 32.8 Å². The molecule has 1 aliphatic rings. The lowest BCUT2D eigenvalue weighted by molar-refractivity contribution is -0.137. The third-order valence-electron chi connectivity index (χ3n) is 2.50. The predicted molar refractivity (Wildman–Crippen MR) is 62.0 cm³/mol. The summed E-state index contributed by atoms with van der Waals surface area (Å²) < 4.78 is 16.7. The number of carbonyl (C=O) groups is 1. The Balaban J connectivity index is 2.02. The molecular weight excluding hydrogens is 230 g/mol. The van der Waals surface area contributed by atoms with Crippen LogP contribution in [0.5, 0.6) is 0 Å². The number of morpholine rings is 1. The molecule has 1 unspecified atom stereocenters. The largest absolute Gasteiger partial charge is 0.481 e. The van der Waals surface area contributed by atoms with Gasteiger partial charge in [0.15, 0.2) is 0 Å². The molecule has 0 aromatic rings. The van der Waals surface area contributed by atoms with Gasteiger partial charge in [-0.05, 0) is 6.42 Å². The van der Waals surface area contributed by atoms with E-state index in [1.165, 1.54) is 0 Å². The van der Waals surface area contributed by atoms with Crippen LogP contribution in [-0.2, 0) is 20.3 Å². The molecule has 0 amide bonds. The molecule has 94 valence electrons. The SMILES string of the molecule is O=C(O)CCCS(=O)CCN1CCOCC1. The molecule has 1 N–H and O–H groups in total. The number of carboxylic acid groups (broad SMARTS) is 1. The fourth-order valence-electron chi connectivity index (χ4n) is 1.54. The second kappa shape index (κ2) is 7.76. The van der Waals surface area contributed by atoms with E-state index in [1.807, 2.05) is 0 Å². The van der Waals surface area contributed by atoms with Crippen molar-refractivity contribution in [3.63, 3.8) is 0 Å². The molecule has 6 heteroatoms. The lowest BCUT2D eigenvalue weighted by Crippen LogP contribution is -2.38.